The van der Waals surface area contributed by atoms with Crippen LogP contribution in [0.3, 0.4) is 0 Å². The molecule has 3 rings (SSSR count). The molecule has 0 radical (unpaired) electrons. The van der Waals surface area contributed by atoms with Crippen LogP contribution in [0.4, 0.5) is 13.2 Å². The molecule has 1 aliphatic carbocycles. The molecule has 0 unspecified atom stereocenters. The summed E-state index contributed by atoms with van der Waals surface area (Å²) < 4.78 is 44.5. The van der Waals surface area contributed by atoms with Crippen molar-refractivity contribution in [3.8, 4) is 0 Å². The van der Waals surface area contributed by atoms with Crippen molar-refractivity contribution in [1.82, 2.24) is 4.90 Å². The van der Waals surface area contributed by atoms with Crippen LogP contribution in [0.5, 0.6) is 0 Å². The molecule has 1 aliphatic heterocycles. The van der Waals surface area contributed by atoms with E-state index in [-0.39, 0.29) is 18.6 Å². The lowest BCUT2D eigenvalue weighted by atomic mass is 9.86. The first-order valence-corrected chi connectivity index (χ1v) is 7.51. The number of hydrogen-bond donors (Lipinski definition) is 1. The summed E-state index contributed by atoms with van der Waals surface area (Å²) in [6.07, 6.45) is -2.31. The van der Waals surface area contributed by atoms with Crippen LogP contribution in [0.1, 0.15) is 24.0 Å². The van der Waals surface area contributed by atoms with Gasteiger partial charge in [0, 0.05) is 19.1 Å². The third-order valence-corrected chi connectivity index (χ3v) is 4.45. The highest BCUT2D eigenvalue weighted by atomic mass is 19.4. The van der Waals surface area contributed by atoms with E-state index in [1.807, 2.05) is 0 Å². The zero-order valence-electron chi connectivity index (χ0n) is 12.3. The molecule has 1 aromatic carbocycles. The number of ether oxygens (including phenoxy) is 1. The summed E-state index contributed by atoms with van der Waals surface area (Å²) in [7, 11) is 0. The Morgan fingerprint density at radius 2 is 1.91 bits per heavy atom. The Morgan fingerprint density at radius 1 is 1.23 bits per heavy atom. The lowest BCUT2D eigenvalue weighted by molar-refractivity contribution is -0.151. The van der Waals surface area contributed by atoms with Gasteiger partial charge in [-0.05, 0) is 24.5 Å². The monoisotopic (exact) mass is 315 g/mol. The van der Waals surface area contributed by atoms with Crippen molar-refractivity contribution in [2.45, 2.75) is 31.6 Å². The van der Waals surface area contributed by atoms with Gasteiger partial charge in [-0.2, -0.15) is 13.2 Å². The normalized spacial score (nSPS) is 21.0. The van der Waals surface area contributed by atoms with E-state index >= 15 is 0 Å². The van der Waals surface area contributed by atoms with Gasteiger partial charge in [-0.25, -0.2) is 0 Å². The predicted molar refractivity (Wildman–Crippen MR) is 75.2 cm³/mol. The van der Waals surface area contributed by atoms with E-state index in [0.29, 0.717) is 31.4 Å². The molecule has 6 heteroatoms. The van der Waals surface area contributed by atoms with E-state index < -0.39 is 11.7 Å². The van der Waals surface area contributed by atoms with E-state index in [9.17, 15) is 18.3 Å². The average molecular weight is 315 g/mol. The van der Waals surface area contributed by atoms with Gasteiger partial charge in [-0.3, -0.25) is 4.90 Å². The van der Waals surface area contributed by atoms with Crippen molar-refractivity contribution < 1.29 is 23.0 Å². The van der Waals surface area contributed by atoms with Crippen molar-refractivity contribution in [3.05, 3.63) is 35.4 Å². The summed E-state index contributed by atoms with van der Waals surface area (Å²) in [5, 5.41) is 9.55. The number of benzene rings is 1. The molecule has 0 bridgehead atoms. The Balaban J connectivity index is 1.77. The van der Waals surface area contributed by atoms with Gasteiger partial charge < -0.3 is 9.84 Å². The van der Waals surface area contributed by atoms with Crippen LogP contribution >= 0.6 is 0 Å². The molecular formula is C16H20F3NO2. The molecule has 1 aromatic rings. The summed E-state index contributed by atoms with van der Waals surface area (Å²) in [5.41, 5.74) is -0.575. The summed E-state index contributed by atoms with van der Waals surface area (Å²) in [6, 6.07) is 6.06. The van der Waals surface area contributed by atoms with Gasteiger partial charge in [-0.15, -0.1) is 0 Å². The topological polar surface area (TPSA) is 32.7 Å². The quantitative estimate of drug-likeness (QED) is 0.876. The predicted octanol–water partition coefficient (Wildman–Crippen LogP) is 2.68. The van der Waals surface area contributed by atoms with Gasteiger partial charge in [0.2, 0.25) is 0 Å². The minimum absolute atomic E-state index is 0.0110. The maximum atomic E-state index is 13.1. The van der Waals surface area contributed by atoms with Crippen molar-refractivity contribution >= 4 is 0 Å². The van der Waals surface area contributed by atoms with E-state index in [1.54, 1.807) is 12.1 Å². The third-order valence-electron chi connectivity index (χ3n) is 4.45. The molecule has 0 spiro atoms. The Hall–Kier alpha value is -1.11. The molecular weight excluding hydrogens is 295 g/mol. The minimum Gasteiger partial charge on any atom is -0.396 e. The number of aliphatic hydroxyl groups excluding tert-OH is 1. The van der Waals surface area contributed by atoms with Crippen molar-refractivity contribution in [3.63, 3.8) is 0 Å². The van der Waals surface area contributed by atoms with Crippen LogP contribution in [-0.4, -0.2) is 42.4 Å². The van der Waals surface area contributed by atoms with Crippen molar-refractivity contribution in [2.24, 2.45) is 5.41 Å². The summed E-state index contributed by atoms with van der Waals surface area (Å²) in [4.78, 5) is 2.07. The first-order valence-electron chi connectivity index (χ1n) is 7.51. The number of hydrogen-bond acceptors (Lipinski definition) is 3. The largest absolute Gasteiger partial charge is 0.416 e. The van der Waals surface area contributed by atoms with Gasteiger partial charge >= 0.3 is 6.18 Å². The Labute approximate surface area is 127 Å². The van der Waals surface area contributed by atoms with E-state index in [0.717, 1.165) is 18.9 Å². The van der Waals surface area contributed by atoms with Gasteiger partial charge in [0.05, 0.1) is 30.8 Å². The van der Waals surface area contributed by atoms with Crippen LogP contribution in [0, 0.1) is 5.41 Å². The Bertz CT molecular complexity index is 519. The smallest absolute Gasteiger partial charge is 0.396 e. The molecule has 2 fully saturated rings. The second kappa shape index (κ2) is 5.83. The maximum absolute atomic E-state index is 13.1. The molecule has 2 aliphatic rings. The number of rotatable bonds is 6. The summed E-state index contributed by atoms with van der Waals surface area (Å²) >= 11 is 0. The molecule has 1 saturated carbocycles. The van der Waals surface area contributed by atoms with Gasteiger partial charge in [0.1, 0.15) is 0 Å². The van der Waals surface area contributed by atoms with Gasteiger partial charge in [0.25, 0.3) is 0 Å². The zero-order valence-corrected chi connectivity index (χ0v) is 12.3. The molecule has 0 amide bonds. The van der Waals surface area contributed by atoms with Crippen LogP contribution < -0.4 is 0 Å². The fourth-order valence-electron chi connectivity index (χ4n) is 2.96. The summed E-state index contributed by atoms with van der Waals surface area (Å²) in [6.45, 7) is 1.82. The molecule has 0 aromatic heterocycles. The van der Waals surface area contributed by atoms with E-state index in [2.05, 4.69) is 4.90 Å². The van der Waals surface area contributed by atoms with Gasteiger partial charge in [-0.1, -0.05) is 18.2 Å². The molecule has 0 atom stereocenters. The standard InChI is InChI=1S/C16H20F3NO2/c17-16(18,19)14-4-2-1-3-12(14)7-20(13-5-6-13)8-15(9-21)10-22-11-15/h1-4,13,21H,5-11H2. The number of halogens is 3. The van der Waals surface area contributed by atoms with E-state index in [4.69, 9.17) is 4.74 Å². The number of aliphatic hydroxyl groups is 1. The number of nitrogens with zero attached hydrogens (tertiary/aromatic N) is 1. The summed E-state index contributed by atoms with van der Waals surface area (Å²) in [5.74, 6) is 0. The van der Waals surface area contributed by atoms with Crippen LogP contribution in [0.15, 0.2) is 24.3 Å². The highest BCUT2D eigenvalue weighted by Crippen LogP contribution is 2.37. The maximum Gasteiger partial charge on any atom is 0.416 e. The highest BCUT2D eigenvalue weighted by Gasteiger charge is 2.43. The molecule has 3 nitrogen and oxygen atoms in total. The van der Waals surface area contributed by atoms with Crippen molar-refractivity contribution in [2.75, 3.05) is 26.4 Å². The first kappa shape index (κ1) is 15.8. The third kappa shape index (κ3) is 3.29. The average Bonchev–Trinajstić information content (AvgIpc) is 3.25. The first-order chi connectivity index (χ1) is 10.4. The Kier molecular flexibility index (Phi) is 4.18. The zero-order chi connectivity index (χ0) is 15.8. The molecule has 122 valence electrons. The Morgan fingerprint density at radius 3 is 2.41 bits per heavy atom. The van der Waals surface area contributed by atoms with E-state index in [1.165, 1.54) is 6.07 Å². The highest BCUT2D eigenvalue weighted by molar-refractivity contribution is 5.29. The minimum atomic E-state index is -4.33. The van der Waals surface area contributed by atoms with Gasteiger partial charge in [0.15, 0.2) is 0 Å². The molecule has 1 N–H and O–H groups in total. The second-order valence-electron chi connectivity index (χ2n) is 6.44. The molecule has 1 saturated heterocycles. The van der Waals surface area contributed by atoms with Crippen LogP contribution in [0.2, 0.25) is 0 Å². The van der Waals surface area contributed by atoms with Crippen LogP contribution in [0.25, 0.3) is 0 Å². The fraction of sp³-hybridized carbons (Fsp3) is 0.625. The molecule has 1 heterocycles. The SMILES string of the molecule is OCC1(CN(Cc2ccccc2C(F)(F)F)C2CC2)COC1. The lowest BCUT2D eigenvalue weighted by Gasteiger charge is -2.43. The van der Waals surface area contributed by atoms with Crippen molar-refractivity contribution in [1.29, 1.82) is 0 Å². The second-order valence-corrected chi connectivity index (χ2v) is 6.44. The molecule has 22 heavy (non-hydrogen) atoms. The fourth-order valence-corrected chi connectivity index (χ4v) is 2.96. The number of alkyl halides is 3. The lowest BCUT2D eigenvalue weighted by Crippen LogP contribution is -2.53. The van der Waals surface area contributed by atoms with Crippen LogP contribution in [-0.2, 0) is 17.5 Å².